The number of fused-ring (bicyclic) bond motifs is 8. The van der Waals surface area contributed by atoms with Gasteiger partial charge in [-0.25, -0.2) is 0 Å². The third-order valence-corrected chi connectivity index (χ3v) is 8.84. The highest BCUT2D eigenvalue weighted by atomic mass is 16.5. The fourth-order valence-corrected chi connectivity index (χ4v) is 7.08. The summed E-state index contributed by atoms with van der Waals surface area (Å²) < 4.78 is 5.53. The first-order chi connectivity index (χ1) is 17.2. The molecule has 0 spiro atoms. The number of aromatic nitrogens is 2. The van der Waals surface area contributed by atoms with Crippen LogP contribution in [0.1, 0.15) is 54.4 Å². The highest BCUT2D eigenvalue weighted by Crippen LogP contribution is 2.46. The topological polar surface area (TPSA) is 56.1 Å². The van der Waals surface area contributed by atoms with E-state index in [1.807, 2.05) is 0 Å². The normalized spacial score (nSPS) is 25.5. The predicted octanol–water partition coefficient (Wildman–Crippen LogP) is 5.80. The van der Waals surface area contributed by atoms with E-state index in [1.165, 1.54) is 50.7 Å². The molecule has 2 aromatic carbocycles. The zero-order valence-corrected chi connectivity index (χ0v) is 20.7. The first-order valence-corrected chi connectivity index (χ1v) is 13.1. The van der Waals surface area contributed by atoms with Gasteiger partial charge in [-0.1, -0.05) is 29.8 Å². The number of ether oxygens (including phenoxy) is 1. The lowest BCUT2D eigenvalue weighted by molar-refractivity contribution is 0.131. The summed E-state index contributed by atoms with van der Waals surface area (Å²) in [6, 6.07) is 16.1. The number of nitrogens with one attached hydrogen (secondary N) is 3. The number of nitrogens with zero attached hydrogens (tertiary/aromatic N) is 1. The lowest BCUT2D eigenvalue weighted by Gasteiger charge is -2.44. The molecule has 5 heteroatoms. The molecule has 0 amide bonds. The number of H-pyrrole nitrogens is 2. The quantitative estimate of drug-likeness (QED) is 0.335. The van der Waals surface area contributed by atoms with Crippen LogP contribution in [0.4, 0.5) is 0 Å². The molecule has 1 fully saturated rings. The van der Waals surface area contributed by atoms with Crippen LogP contribution in [0.15, 0.2) is 54.1 Å². The van der Waals surface area contributed by atoms with E-state index in [2.05, 4.69) is 75.6 Å². The van der Waals surface area contributed by atoms with E-state index in [4.69, 9.17) is 4.74 Å². The van der Waals surface area contributed by atoms with Crippen LogP contribution in [0.5, 0.6) is 5.75 Å². The maximum absolute atomic E-state index is 5.53. The average molecular weight is 467 g/mol. The van der Waals surface area contributed by atoms with Gasteiger partial charge in [-0.05, 0) is 80.5 Å². The molecule has 4 aromatic rings. The summed E-state index contributed by atoms with van der Waals surface area (Å²) in [6.07, 6.45) is 6.91. The van der Waals surface area contributed by atoms with Crippen LogP contribution in [-0.2, 0) is 12.8 Å². The predicted molar refractivity (Wildman–Crippen MR) is 142 cm³/mol. The maximum Gasteiger partial charge on any atom is 0.119 e. The van der Waals surface area contributed by atoms with Gasteiger partial charge in [0.15, 0.2) is 0 Å². The molecule has 2 aromatic heterocycles. The van der Waals surface area contributed by atoms with Crippen molar-refractivity contribution in [2.75, 3.05) is 26.7 Å². The van der Waals surface area contributed by atoms with Gasteiger partial charge in [0.2, 0.25) is 0 Å². The Bertz CT molecular complexity index is 1440. The molecule has 0 bridgehead atoms. The molecule has 3 aliphatic heterocycles. The Morgan fingerprint density at radius 2 is 1.83 bits per heavy atom. The van der Waals surface area contributed by atoms with Crippen molar-refractivity contribution in [2.45, 2.75) is 44.7 Å². The Kier molecular flexibility index (Phi) is 5.04. The Morgan fingerprint density at radius 1 is 1.00 bits per heavy atom. The van der Waals surface area contributed by atoms with Gasteiger partial charge in [0.25, 0.3) is 0 Å². The zero-order chi connectivity index (χ0) is 23.5. The van der Waals surface area contributed by atoms with Crippen LogP contribution in [0, 0.1) is 5.92 Å². The minimum absolute atomic E-state index is 0.382. The number of allylic oxidation sites excluding steroid dienone is 1. The van der Waals surface area contributed by atoms with Gasteiger partial charge in [0, 0.05) is 52.3 Å². The number of benzene rings is 2. The summed E-state index contributed by atoms with van der Waals surface area (Å²) in [7, 11) is 1.75. The third-order valence-electron chi connectivity index (χ3n) is 8.84. The third kappa shape index (κ3) is 3.36. The summed E-state index contributed by atoms with van der Waals surface area (Å²) in [5.41, 5.74) is 9.98. The van der Waals surface area contributed by atoms with Gasteiger partial charge in [0.05, 0.1) is 13.2 Å². The molecule has 0 unspecified atom stereocenters. The molecule has 5 heterocycles. The minimum atomic E-state index is 0.382. The number of hydrogen-bond donors (Lipinski definition) is 3. The number of para-hydroxylation sites is 1. The minimum Gasteiger partial charge on any atom is -0.497 e. The molecule has 7 rings (SSSR count). The summed E-state index contributed by atoms with van der Waals surface area (Å²) >= 11 is 0. The molecule has 35 heavy (non-hydrogen) atoms. The standard InChI is InChI=1S/C30H34N4O/c1-3-18-17-34-13-11-23-24-16-20(35-2)8-9-26(24)33-30(23)28(34)15-19(18)14-27-29-22(10-12-31-27)21-6-4-5-7-25(21)32-29/h3-9,16,19,27-28,31-33H,10-15,17H2,1-2H3/b18-3+/t19-,27+,28+/m0/s1. The number of rotatable bonds is 3. The number of aromatic amines is 2. The van der Waals surface area contributed by atoms with Crippen LogP contribution >= 0.6 is 0 Å². The van der Waals surface area contributed by atoms with Crippen LogP contribution in [0.25, 0.3) is 21.8 Å². The molecule has 1 saturated heterocycles. The van der Waals surface area contributed by atoms with Crippen LogP contribution in [0.3, 0.4) is 0 Å². The van der Waals surface area contributed by atoms with Gasteiger partial charge in [-0.2, -0.15) is 0 Å². The van der Waals surface area contributed by atoms with Crippen molar-refractivity contribution in [1.82, 2.24) is 20.2 Å². The lowest BCUT2D eigenvalue weighted by Crippen LogP contribution is -2.43. The van der Waals surface area contributed by atoms with Crippen molar-refractivity contribution in [2.24, 2.45) is 5.92 Å². The molecule has 180 valence electrons. The van der Waals surface area contributed by atoms with Gasteiger partial charge in [-0.15, -0.1) is 0 Å². The largest absolute Gasteiger partial charge is 0.497 e. The first kappa shape index (κ1) is 21.3. The van der Waals surface area contributed by atoms with Gasteiger partial charge >= 0.3 is 0 Å². The highest BCUT2D eigenvalue weighted by Gasteiger charge is 2.39. The molecule has 3 atom stereocenters. The number of hydrogen-bond acceptors (Lipinski definition) is 3. The number of piperidine rings is 1. The Balaban J connectivity index is 1.22. The second kappa shape index (κ2) is 8.28. The summed E-state index contributed by atoms with van der Waals surface area (Å²) in [5.74, 6) is 1.51. The fourth-order valence-electron chi connectivity index (χ4n) is 7.08. The van der Waals surface area contributed by atoms with Crippen molar-refractivity contribution in [3.63, 3.8) is 0 Å². The van der Waals surface area contributed by atoms with Crippen LogP contribution in [0.2, 0.25) is 0 Å². The molecule has 0 aliphatic carbocycles. The molecule has 3 N–H and O–H groups in total. The molecular formula is C30H34N4O. The average Bonchev–Trinajstić information content (AvgIpc) is 3.47. The van der Waals surface area contributed by atoms with Crippen LogP contribution < -0.4 is 10.1 Å². The molecule has 5 nitrogen and oxygen atoms in total. The van der Waals surface area contributed by atoms with Crippen LogP contribution in [-0.4, -0.2) is 41.6 Å². The van der Waals surface area contributed by atoms with E-state index >= 15 is 0 Å². The van der Waals surface area contributed by atoms with Crippen molar-refractivity contribution >= 4 is 21.8 Å². The second-order valence-electron chi connectivity index (χ2n) is 10.5. The second-order valence-corrected chi connectivity index (χ2v) is 10.5. The lowest BCUT2D eigenvalue weighted by atomic mass is 9.78. The van der Waals surface area contributed by atoms with Crippen molar-refractivity contribution in [1.29, 1.82) is 0 Å². The molecular weight excluding hydrogens is 432 g/mol. The van der Waals surface area contributed by atoms with E-state index in [-0.39, 0.29) is 0 Å². The van der Waals surface area contributed by atoms with Crippen molar-refractivity contribution in [3.8, 4) is 5.75 Å². The maximum atomic E-state index is 5.53. The SMILES string of the molecule is C/C=C1\CN2CCc3c([nH]c4ccc(OC)cc34)[C@H]2C[C@@H]1C[C@H]1NCCc2c1[nH]c1ccccc21. The van der Waals surface area contributed by atoms with Crippen molar-refractivity contribution < 1.29 is 4.74 Å². The Hall–Kier alpha value is -3.02. The number of methoxy groups -OCH3 is 1. The fraction of sp³-hybridized carbons (Fsp3) is 0.400. The van der Waals surface area contributed by atoms with Crippen molar-refractivity contribution in [3.05, 3.63) is 76.6 Å². The van der Waals surface area contributed by atoms with Gasteiger partial charge in [-0.3, -0.25) is 4.90 Å². The molecule has 3 aliphatic rings. The van der Waals surface area contributed by atoms with Gasteiger partial charge < -0.3 is 20.0 Å². The summed E-state index contributed by atoms with van der Waals surface area (Å²) in [6.45, 7) is 5.49. The van der Waals surface area contributed by atoms with E-state index in [9.17, 15) is 0 Å². The Morgan fingerprint density at radius 3 is 2.71 bits per heavy atom. The summed E-state index contributed by atoms with van der Waals surface area (Å²) in [5, 5.41) is 6.60. The van der Waals surface area contributed by atoms with E-state index < -0.39 is 0 Å². The highest BCUT2D eigenvalue weighted by molar-refractivity contribution is 5.87. The first-order valence-electron chi connectivity index (χ1n) is 13.1. The smallest absolute Gasteiger partial charge is 0.119 e. The van der Waals surface area contributed by atoms with Gasteiger partial charge in [0.1, 0.15) is 5.75 Å². The molecule has 0 radical (unpaired) electrons. The monoisotopic (exact) mass is 466 g/mol. The summed E-state index contributed by atoms with van der Waals surface area (Å²) in [4.78, 5) is 10.3. The van der Waals surface area contributed by atoms with E-state index in [1.54, 1.807) is 12.7 Å². The van der Waals surface area contributed by atoms with E-state index in [0.29, 0.717) is 18.0 Å². The zero-order valence-electron chi connectivity index (χ0n) is 20.7. The molecule has 0 saturated carbocycles. The Labute approximate surface area is 206 Å². The van der Waals surface area contributed by atoms with E-state index in [0.717, 1.165) is 44.6 Å².